The second kappa shape index (κ2) is 9.17. The van der Waals surface area contributed by atoms with Gasteiger partial charge in [0, 0.05) is 19.2 Å². The number of allylic oxidation sites excluding steroid dienone is 2. The number of aliphatic imine (C=N–C) groups is 1. The van der Waals surface area contributed by atoms with Crippen LogP contribution in [0.2, 0.25) is 0 Å². The van der Waals surface area contributed by atoms with Crippen molar-refractivity contribution in [1.29, 1.82) is 0 Å². The molecule has 2 aliphatic heterocycles. The number of aliphatic hydroxyl groups is 1. The van der Waals surface area contributed by atoms with Crippen molar-refractivity contribution in [2.24, 2.45) is 4.99 Å². The molecule has 3 N–H and O–H groups in total. The molecular weight excluding hydrogens is 344 g/mol. The van der Waals surface area contributed by atoms with E-state index < -0.39 is 29.3 Å². The standard InChI is InChI=1S/C17H24N2O5S/c1-3-6-13-15(24-13)14(21)16(11-7-4-5-8-18-11)25-9-12(17(22)23)19-10(2)20/h3-4,6-7,12-16,21H,5,8-9H2,1-2H3,(H,19,20)(H,22,23)/b6-3+/t12-,13?,14?,15?,16?/m0/s1. The largest absolute Gasteiger partial charge is 0.480 e. The van der Waals surface area contributed by atoms with Crippen molar-refractivity contribution < 1.29 is 24.5 Å². The molecular formula is C17H24N2O5S. The van der Waals surface area contributed by atoms with Crippen molar-refractivity contribution in [2.45, 2.75) is 49.9 Å². The summed E-state index contributed by atoms with van der Waals surface area (Å²) >= 11 is 1.27. The van der Waals surface area contributed by atoms with E-state index in [2.05, 4.69) is 10.3 Å². The van der Waals surface area contributed by atoms with Crippen molar-refractivity contribution in [1.82, 2.24) is 5.32 Å². The molecule has 5 atom stereocenters. The highest BCUT2D eigenvalue weighted by atomic mass is 32.2. The lowest BCUT2D eigenvalue weighted by Gasteiger charge is -2.24. The summed E-state index contributed by atoms with van der Waals surface area (Å²) in [6.45, 7) is 3.81. The summed E-state index contributed by atoms with van der Waals surface area (Å²) in [5.74, 6) is -1.38. The van der Waals surface area contributed by atoms with Crippen LogP contribution in [0.4, 0.5) is 0 Å². The van der Waals surface area contributed by atoms with Crippen molar-refractivity contribution in [3.05, 3.63) is 24.3 Å². The van der Waals surface area contributed by atoms with Gasteiger partial charge in [0.15, 0.2) is 0 Å². The molecule has 2 aliphatic rings. The Bertz CT molecular complexity index is 590. The van der Waals surface area contributed by atoms with Crippen LogP contribution in [0.3, 0.4) is 0 Å². The van der Waals surface area contributed by atoms with Gasteiger partial charge in [0.2, 0.25) is 5.91 Å². The lowest BCUT2D eigenvalue weighted by atomic mass is 10.0. The summed E-state index contributed by atoms with van der Waals surface area (Å²) < 4.78 is 5.49. The van der Waals surface area contributed by atoms with E-state index in [1.165, 1.54) is 18.7 Å². The van der Waals surface area contributed by atoms with Gasteiger partial charge < -0.3 is 20.3 Å². The molecule has 2 heterocycles. The quantitative estimate of drug-likeness (QED) is 0.410. The summed E-state index contributed by atoms with van der Waals surface area (Å²) in [7, 11) is 0. The normalized spacial score (nSPS) is 26.0. The first-order chi connectivity index (χ1) is 11.9. The van der Waals surface area contributed by atoms with Gasteiger partial charge in [0.05, 0.1) is 11.0 Å². The molecule has 0 aromatic carbocycles. The Kier molecular flexibility index (Phi) is 7.22. The maximum atomic E-state index is 11.3. The maximum absolute atomic E-state index is 11.3. The van der Waals surface area contributed by atoms with Gasteiger partial charge in [0.1, 0.15) is 24.4 Å². The molecule has 4 unspecified atom stereocenters. The summed E-state index contributed by atoms with van der Waals surface area (Å²) in [5.41, 5.74) is 0.727. The number of nitrogens with zero attached hydrogens (tertiary/aromatic N) is 1. The van der Waals surface area contributed by atoms with E-state index >= 15 is 0 Å². The molecule has 0 saturated carbocycles. The third-order valence-electron chi connectivity index (χ3n) is 3.88. The minimum Gasteiger partial charge on any atom is -0.480 e. The van der Waals surface area contributed by atoms with E-state index in [0.29, 0.717) is 6.54 Å². The number of dihydropyridines is 1. The fraction of sp³-hybridized carbons (Fsp3) is 0.588. The number of amides is 1. The summed E-state index contributed by atoms with van der Waals surface area (Å²) in [6, 6.07) is -1.02. The summed E-state index contributed by atoms with van der Waals surface area (Å²) in [6.07, 6.45) is 7.20. The second-order valence-corrected chi connectivity index (χ2v) is 7.10. The van der Waals surface area contributed by atoms with Gasteiger partial charge in [-0.05, 0) is 19.4 Å². The molecule has 0 aromatic heterocycles. The number of carbonyl (C=O) groups is 2. The number of thioether (sulfide) groups is 1. The number of nitrogens with one attached hydrogen (secondary N) is 1. The summed E-state index contributed by atoms with van der Waals surface area (Å²) in [5, 5.41) is 22.0. The lowest BCUT2D eigenvalue weighted by Crippen LogP contribution is -2.43. The van der Waals surface area contributed by atoms with E-state index in [9.17, 15) is 19.8 Å². The van der Waals surface area contributed by atoms with Crippen molar-refractivity contribution in [3.63, 3.8) is 0 Å². The molecule has 2 rings (SSSR count). The highest BCUT2D eigenvalue weighted by Crippen LogP contribution is 2.33. The van der Waals surface area contributed by atoms with E-state index in [0.717, 1.165) is 12.1 Å². The second-order valence-electron chi connectivity index (χ2n) is 5.92. The number of epoxide rings is 1. The summed E-state index contributed by atoms with van der Waals surface area (Å²) in [4.78, 5) is 26.9. The van der Waals surface area contributed by atoms with E-state index in [1.54, 1.807) is 0 Å². The third kappa shape index (κ3) is 5.69. The molecule has 1 amide bonds. The fourth-order valence-corrected chi connectivity index (χ4v) is 3.92. The monoisotopic (exact) mass is 368 g/mol. The molecule has 1 fully saturated rings. The minimum atomic E-state index is -1.11. The zero-order valence-electron chi connectivity index (χ0n) is 14.3. The highest BCUT2D eigenvalue weighted by Gasteiger charge is 2.47. The molecule has 138 valence electrons. The molecule has 0 aliphatic carbocycles. The lowest BCUT2D eigenvalue weighted by molar-refractivity contribution is -0.140. The Labute approximate surface area is 151 Å². The van der Waals surface area contributed by atoms with Crippen molar-refractivity contribution in [3.8, 4) is 0 Å². The molecule has 7 nitrogen and oxygen atoms in total. The van der Waals surface area contributed by atoms with Gasteiger partial charge >= 0.3 is 5.97 Å². The molecule has 25 heavy (non-hydrogen) atoms. The molecule has 0 bridgehead atoms. The molecule has 1 saturated heterocycles. The molecule has 8 heteroatoms. The first-order valence-electron chi connectivity index (χ1n) is 8.22. The Morgan fingerprint density at radius 2 is 2.32 bits per heavy atom. The van der Waals surface area contributed by atoms with Gasteiger partial charge in [0.25, 0.3) is 0 Å². The predicted octanol–water partition coefficient (Wildman–Crippen LogP) is 0.783. The average molecular weight is 368 g/mol. The van der Waals surface area contributed by atoms with E-state index in [-0.39, 0.29) is 18.0 Å². The predicted molar refractivity (Wildman–Crippen MR) is 97.0 cm³/mol. The first-order valence-corrected chi connectivity index (χ1v) is 9.27. The number of carboxylic acid groups (broad SMARTS) is 1. The minimum absolute atomic E-state index is 0.123. The van der Waals surface area contributed by atoms with Gasteiger partial charge in [-0.25, -0.2) is 4.79 Å². The number of carboxylic acids is 1. The average Bonchev–Trinajstić information content (AvgIpc) is 3.34. The van der Waals surface area contributed by atoms with Crippen molar-refractivity contribution in [2.75, 3.05) is 12.3 Å². The topological polar surface area (TPSA) is 112 Å². The van der Waals surface area contributed by atoms with Crippen LogP contribution in [0.5, 0.6) is 0 Å². The Morgan fingerprint density at radius 1 is 1.56 bits per heavy atom. The van der Waals surface area contributed by atoms with Crippen LogP contribution in [0.25, 0.3) is 0 Å². The van der Waals surface area contributed by atoms with E-state index in [4.69, 9.17) is 4.74 Å². The number of rotatable bonds is 9. The SMILES string of the molecule is C/C=C/C1OC1C(O)C(SC[C@H](NC(C)=O)C(=O)O)C1=NCCC=C1. The van der Waals surface area contributed by atoms with Crippen molar-refractivity contribution >= 4 is 29.4 Å². The van der Waals surface area contributed by atoms with Gasteiger partial charge in [-0.1, -0.05) is 18.2 Å². The van der Waals surface area contributed by atoms with Crippen LogP contribution in [0.1, 0.15) is 20.3 Å². The first kappa shape index (κ1) is 19.7. The number of aliphatic carboxylic acids is 1. The van der Waals surface area contributed by atoms with Gasteiger partial charge in [-0.3, -0.25) is 9.79 Å². The maximum Gasteiger partial charge on any atom is 0.327 e. The van der Waals surface area contributed by atoms with E-state index in [1.807, 2.05) is 31.2 Å². The third-order valence-corrected chi connectivity index (χ3v) is 5.28. The van der Waals surface area contributed by atoms with Crippen LogP contribution < -0.4 is 5.32 Å². The zero-order valence-corrected chi connectivity index (χ0v) is 15.1. The highest BCUT2D eigenvalue weighted by molar-refractivity contribution is 8.00. The Balaban J connectivity index is 2.06. The fourth-order valence-electron chi connectivity index (χ4n) is 2.62. The Morgan fingerprint density at radius 3 is 2.88 bits per heavy atom. The van der Waals surface area contributed by atoms with Gasteiger partial charge in [-0.2, -0.15) is 0 Å². The molecule has 0 spiro atoms. The number of hydrogen-bond acceptors (Lipinski definition) is 6. The van der Waals surface area contributed by atoms with Crippen LogP contribution >= 0.6 is 11.8 Å². The van der Waals surface area contributed by atoms with Gasteiger partial charge in [-0.15, -0.1) is 11.8 Å². The van der Waals surface area contributed by atoms with Crippen LogP contribution in [-0.2, 0) is 14.3 Å². The Hall–Kier alpha value is -1.64. The van der Waals surface area contributed by atoms with Crippen LogP contribution in [-0.4, -0.2) is 69.7 Å². The number of carbonyl (C=O) groups excluding carboxylic acids is 1. The zero-order chi connectivity index (χ0) is 18.4. The molecule has 0 radical (unpaired) electrons. The smallest absolute Gasteiger partial charge is 0.327 e. The molecule has 0 aromatic rings. The number of hydrogen-bond donors (Lipinski definition) is 3. The van der Waals surface area contributed by atoms with Crippen LogP contribution in [0.15, 0.2) is 29.3 Å². The number of ether oxygens (including phenoxy) is 1. The van der Waals surface area contributed by atoms with Crippen LogP contribution in [0, 0.1) is 0 Å². The number of aliphatic hydroxyl groups excluding tert-OH is 1.